The zero-order chi connectivity index (χ0) is 27.9. The van der Waals surface area contributed by atoms with Crippen molar-refractivity contribution in [3.63, 3.8) is 0 Å². The summed E-state index contributed by atoms with van der Waals surface area (Å²) in [5, 5.41) is 3.04. The molecule has 7 nitrogen and oxygen atoms in total. The highest BCUT2D eigenvalue weighted by Crippen LogP contribution is 2.33. The van der Waals surface area contributed by atoms with E-state index in [0.717, 1.165) is 22.4 Å². The Kier molecular flexibility index (Phi) is 8.30. The van der Waals surface area contributed by atoms with Gasteiger partial charge in [-0.2, -0.15) is 0 Å². The maximum absolute atomic E-state index is 14.2. The van der Waals surface area contributed by atoms with Crippen molar-refractivity contribution in [2.45, 2.75) is 32.2 Å². The Hall–Kier alpha value is -4.78. The first-order valence-electron chi connectivity index (χ1n) is 13.2. The predicted molar refractivity (Wildman–Crippen MR) is 152 cm³/mol. The van der Waals surface area contributed by atoms with Crippen LogP contribution in [0.1, 0.15) is 28.3 Å². The fourth-order valence-corrected chi connectivity index (χ4v) is 4.65. The number of fused-ring (bicyclic) bond motifs is 1. The number of aryl methyl sites for hydroxylation is 1. The van der Waals surface area contributed by atoms with E-state index in [9.17, 15) is 9.59 Å². The number of carbonyl (C=O) groups excluding carboxylic acids is 2. The number of rotatable bonds is 9. The molecule has 40 heavy (non-hydrogen) atoms. The zero-order valence-electron chi connectivity index (χ0n) is 22.6. The number of hydrogen-bond acceptors (Lipinski definition) is 5. The molecule has 0 saturated carbocycles. The molecule has 7 heteroatoms. The van der Waals surface area contributed by atoms with Gasteiger partial charge in [0.15, 0.2) is 11.5 Å². The Bertz CT molecular complexity index is 1440. The highest BCUT2D eigenvalue weighted by Gasteiger charge is 2.38. The second-order valence-corrected chi connectivity index (χ2v) is 9.70. The molecule has 1 aliphatic heterocycles. The molecule has 2 amide bonds. The Morgan fingerprint density at radius 1 is 0.875 bits per heavy atom. The molecule has 0 unspecified atom stereocenters. The van der Waals surface area contributed by atoms with Crippen LogP contribution in [0.2, 0.25) is 0 Å². The van der Waals surface area contributed by atoms with E-state index in [4.69, 9.17) is 14.2 Å². The standard InChI is InChI=1S/C33H32N2O5/c1-23-12-16-26(17-13-23)31(32(36)34-20-24-14-18-27(38-2)19-15-24)35(21-25-8-4-3-5-9-25)33(37)30-22-39-28-10-6-7-11-29(28)40-30/h3-19,30-31H,20-22H2,1-2H3,(H,34,36)/t30-,31+/m0/s1. The largest absolute Gasteiger partial charge is 0.497 e. The molecule has 0 fully saturated rings. The van der Waals surface area contributed by atoms with Crippen molar-refractivity contribution >= 4 is 11.8 Å². The third-order valence-corrected chi connectivity index (χ3v) is 6.84. The van der Waals surface area contributed by atoms with Gasteiger partial charge < -0.3 is 24.4 Å². The number of nitrogens with zero attached hydrogens (tertiary/aromatic N) is 1. The van der Waals surface area contributed by atoms with Crippen molar-refractivity contribution in [1.82, 2.24) is 10.2 Å². The summed E-state index contributed by atoms with van der Waals surface area (Å²) in [6.07, 6.45) is -0.902. The average Bonchev–Trinajstić information content (AvgIpc) is 3.00. The summed E-state index contributed by atoms with van der Waals surface area (Å²) in [6, 6.07) is 31.2. The lowest BCUT2D eigenvalue weighted by Gasteiger charge is -2.35. The predicted octanol–water partition coefficient (Wildman–Crippen LogP) is 5.23. The molecule has 1 heterocycles. The fraction of sp³-hybridized carbons (Fsp3) is 0.212. The minimum Gasteiger partial charge on any atom is -0.497 e. The molecule has 0 saturated heterocycles. The molecular formula is C33H32N2O5. The van der Waals surface area contributed by atoms with Crippen molar-refractivity contribution in [2.24, 2.45) is 0 Å². The topological polar surface area (TPSA) is 77.1 Å². The van der Waals surface area contributed by atoms with Gasteiger partial charge in [0, 0.05) is 13.1 Å². The van der Waals surface area contributed by atoms with Crippen LogP contribution in [-0.2, 0) is 22.7 Å². The molecule has 1 N–H and O–H groups in total. The van der Waals surface area contributed by atoms with Crippen LogP contribution < -0.4 is 19.5 Å². The number of methoxy groups -OCH3 is 1. The van der Waals surface area contributed by atoms with Crippen molar-refractivity contribution in [2.75, 3.05) is 13.7 Å². The quantitative estimate of drug-likeness (QED) is 0.317. The van der Waals surface area contributed by atoms with Gasteiger partial charge in [-0.1, -0.05) is 84.4 Å². The van der Waals surface area contributed by atoms with E-state index >= 15 is 0 Å². The zero-order valence-corrected chi connectivity index (χ0v) is 22.6. The van der Waals surface area contributed by atoms with E-state index < -0.39 is 12.1 Å². The molecule has 204 valence electrons. The minimum atomic E-state index is -0.902. The lowest BCUT2D eigenvalue weighted by atomic mass is 10.0. The number of benzene rings is 4. The smallest absolute Gasteiger partial charge is 0.268 e. The maximum atomic E-state index is 14.2. The highest BCUT2D eigenvalue weighted by atomic mass is 16.6. The second-order valence-electron chi connectivity index (χ2n) is 9.70. The van der Waals surface area contributed by atoms with E-state index in [-0.39, 0.29) is 25.0 Å². The number of para-hydroxylation sites is 2. The average molecular weight is 537 g/mol. The van der Waals surface area contributed by atoms with E-state index in [1.165, 1.54) is 0 Å². The van der Waals surface area contributed by atoms with Gasteiger partial charge in [0.2, 0.25) is 12.0 Å². The summed E-state index contributed by atoms with van der Waals surface area (Å²) in [5.74, 6) is 1.21. The van der Waals surface area contributed by atoms with Gasteiger partial charge in [-0.25, -0.2) is 0 Å². The Morgan fingerprint density at radius 3 is 2.25 bits per heavy atom. The summed E-state index contributed by atoms with van der Waals surface area (Å²) in [5.41, 5.74) is 3.58. The van der Waals surface area contributed by atoms with Gasteiger partial charge in [0.1, 0.15) is 18.4 Å². The van der Waals surface area contributed by atoms with E-state index in [1.807, 2.05) is 97.9 Å². The molecular weight excluding hydrogens is 504 g/mol. The first kappa shape index (κ1) is 26.8. The molecule has 0 spiro atoms. The molecule has 0 radical (unpaired) electrons. The lowest BCUT2D eigenvalue weighted by Crippen LogP contribution is -2.50. The van der Waals surface area contributed by atoms with Crippen molar-refractivity contribution in [3.05, 3.63) is 125 Å². The third kappa shape index (κ3) is 6.26. The van der Waals surface area contributed by atoms with Crippen LogP contribution in [0.5, 0.6) is 17.2 Å². The van der Waals surface area contributed by atoms with Crippen molar-refractivity contribution < 1.29 is 23.8 Å². The Morgan fingerprint density at radius 2 is 1.55 bits per heavy atom. The molecule has 1 aliphatic rings. The minimum absolute atomic E-state index is 0.0508. The normalized spacial score (nSPS) is 14.6. The molecule has 0 aliphatic carbocycles. The van der Waals surface area contributed by atoms with Crippen molar-refractivity contribution in [1.29, 1.82) is 0 Å². The van der Waals surface area contributed by atoms with E-state index in [1.54, 1.807) is 24.1 Å². The van der Waals surface area contributed by atoms with Crippen molar-refractivity contribution in [3.8, 4) is 17.2 Å². The third-order valence-electron chi connectivity index (χ3n) is 6.84. The maximum Gasteiger partial charge on any atom is 0.268 e. The van der Waals surface area contributed by atoms with Gasteiger partial charge in [0.25, 0.3) is 5.91 Å². The summed E-state index contributed by atoms with van der Waals surface area (Å²) < 4.78 is 17.2. The van der Waals surface area contributed by atoms with Gasteiger partial charge in [-0.05, 0) is 47.9 Å². The number of carbonyl (C=O) groups is 2. The van der Waals surface area contributed by atoms with Crippen LogP contribution in [0.25, 0.3) is 0 Å². The van der Waals surface area contributed by atoms with E-state index in [0.29, 0.717) is 23.6 Å². The van der Waals surface area contributed by atoms with Gasteiger partial charge in [-0.15, -0.1) is 0 Å². The van der Waals surface area contributed by atoms with E-state index in [2.05, 4.69) is 5.32 Å². The van der Waals surface area contributed by atoms with Crippen LogP contribution in [-0.4, -0.2) is 36.5 Å². The SMILES string of the molecule is COc1ccc(CNC(=O)[C@@H](c2ccc(C)cc2)N(Cc2ccccc2)C(=O)[C@@H]2COc3ccccc3O2)cc1. The number of nitrogens with one attached hydrogen (secondary N) is 1. The summed E-state index contributed by atoms with van der Waals surface area (Å²) in [6.45, 7) is 2.56. The summed E-state index contributed by atoms with van der Waals surface area (Å²) >= 11 is 0. The van der Waals surface area contributed by atoms with Crippen LogP contribution in [0, 0.1) is 6.92 Å². The van der Waals surface area contributed by atoms with Gasteiger partial charge in [0.05, 0.1) is 7.11 Å². The monoisotopic (exact) mass is 536 g/mol. The second kappa shape index (κ2) is 12.4. The molecule has 5 rings (SSSR count). The van der Waals surface area contributed by atoms with Gasteiger partial charge >= 0.3 is 0 Å². The molecule has 0 bridgehead atoms. The van der Waals surface area contributed by atoms with Crippen LogP contribution in [0.3, 0.4) is 0 Å². The number of ether oxygens (including phenoxy) is 3. The highest BCUT2D eigenvalue weighted by molar-refractivity contribution is 5.90. The number of hydrogen-bond donors (Lipinski definition) is 1. The summed E-state index contributed by atoms with van der Waals surface area (Å²) in [7, 11) is 1.61. The lowest BCUT2D eigenvalue weighted by molar-refractivity contribution is -0.149. The Balaban J connectivity index is 1.47. The Labute approximate surface area is 234 Å². The molecule has 2 atom stereocenters. The first-order valence-corrected chi connectivity index (χ1v) is 13.2. The molecule has 4 aromatic carbocycles. The summed E-state index contributed by atoms with van der Waals surface area (Å²) in [4.78, 5) is 29.7. The first-order chi connectivity index (χ1) is 19.5. The molecule has 0 aromatic heterocycles. The van der Waals surface area contributed by atoms with Crippen LogP contribution >= 0.6 is 0 Å². The van der Waals surface area contributed by atoms with Crippen LogP contribution in [0.4, 0.5) is 0 Å². The fourth-order valence-electron chi connectivity index (χ4n) is 4.65. The van der Waals surface area contributed by atoms with Crippen LogP contribution in [0.15, 0.2) is 103 Å². The number of amides is 2. The molecule has 4 aromatic rings. The van der Waals surface area contributed by atoms with Gasteiger partial charge in [-0.3, -0.25) is 9.59 Å².